The molecule has 0 aromatic heterocycles. The Labute approximate surface area is 235 Å². The lowest BCUT2D eigenvalue weighted by atomic mass is 10.0. The third-order valence-corrected chi connectivity index (χ3v) is 8.94. The lowest BCUT2D eigenvalue weighted by Gasteiger charge is -2.38. The maximum absolute atomic E-state index is 12.1. The number of likely N-dealkylation sites (tertiary alicyclic amines) is 1. The molecule has 0 aromatic carbocycles. The van der Waals surface area contributed by atoms with Gasteiger partial charge < -0.3 is 27.9 Å². The van der Waals surface area contributed by atoms with E-state index in [-0.39, 0.29) is 13.2 Å². The Morgan fingerprint density at radius 2 is 1.21 bits per heavy atom. The Morgan fingerprint density at radius 3 is 1.71 bits per heavy atom. The molecule has 0 spiro atoms. The first-order valence-electron chi connectivity index (χ1n) is 15.9. The second-order valence-corrected chi connectivity index (χ2v) is 13.1. The van der Waals surface area contributed by atoms with Crippen LogP contribution in [0.5, 0.6) is 0 Å². The molecule has 7 nitrogen and oxygen atoms in total. The summed E-state index contributed by atoms with van der Waals surface area (Å²) in [7, 11) is -0.622. The highest BCUT2D eigenvalue weighted by Gasteiger charge is 2.25. The van der Waals surface area contributed by atoms with Crippen molar-refractivity contribution in [1.82, 2.24) is 0 Å². The number of phosphoric ester groups is 1. The Bertz CT molecular complexity index is 573. The number of rotatable bonds is 27. The summed E-state index contributed by atoms with van der Waals surface area (Å²) in [6.07, 6.45) is 24.8. The Kier molecular flexibility index (Phi) is 22.4. The second kappa shape index (κ2) is 23.7. The average molecular weight is 564 g/mol. The van der Waals surface area contributed by atoms with Gasteiger partial charge in [0.05, 0.1) is 33.4 Å². The van der Waals surface area contributed by atoms with Crippen molar-refractivity contribution < 1.29 is 32.5 Å². The number of phosphoric acid groups is 1. The van der Waals surface area contributed by atoms with E-state index in [0.29, 0.717) is 19.8 Å². The number of quaternary nitrogens is 1. The average Bonchev–Trinajstić information content (AvgIpc) is 2.90. The van der Waals surface area contributed by atoms with E-state index >= 15 is 0 Å². The van der Waals surface area contributed by atoms with Gasteiger partial charge in [0, 0.05) is 13.7 Å². The predicted octanol–water partition coefficient (Wildman–Crippen LogP) is 7.41. The molecule has 0 amide bonds. The van der Waals surface area contributed by atoms with Crippen LogP contribution < -0.4 is 4.89 Å². The van der Waals surface area contributed by atoms with Crippen LogP contribution in [0.4, 0.5) is 0 Å². The van der Waals surface area contributed by atoms with Crippen molar-refractivity contribution in [2.45, 2.75) is 135 Å². The number of nitrogens with zero attached hydrogens (tertiary/aromatic N) is 1. The third kappa shape index (κ3) is 20.8. The molecule has 0 radical (unpaired) electrons. The second-order valence-electron chi connectivity index (χ2n) is 11.7. The molecule has 0 N–H and O–H groups in total. The van der Waals surface area contributed by atoms with Gasteiger partial charge in [0.1, 0.15) is 19.3 Å². The SMILES string of the molecule is CCCCCCCCCCCCCCCCCCOC[C@H](COP(=O)([O-])OCC[N+]1(C)CCCCC1)OC. The first kappa shape index (κ1) is 36.0. The molecule has 1 saturated heterocycles. The monoisotopic (exact) mass is 563 g/mol. The zero-order chi connectivity index (χ0) is 27.8. The lowest BCUT2D eigenvalue weighted by molar-refractivity contribution is -0.914. The lowest BCUT2D eigenvalue weighted by Crippen LogP contribution is -2.49. The van der Waals surface area contributed by atoms with Gasteiger partial charge in [-0.2, -0.15) is 0 Å². The number of likely N-dealkylation sites (N-methyl/N-ethyl adjacent to an activating group) is 1. The molecule has 1 fully saturated rings. The molecule has 0 aromatic rings. The van der Waals surface area contributed by atoms with Gasteiger partial charge in [0.2, 0.25) is 0 Å². The van der Waals surface area contributed by atoms with Gasteiger partial charge in [-0.1, -0.05) is 103 Å². The molecule has 0 bridgehead atoms. The van der Waals surface area contributed by atoms with Gasteiger partial charge in [-0.15, -0.1) is 0 Å². The van der Waals surface area contributed by atoms with Crippen LogP contribution in [0.15, 0.2) is 0 Å². The molecule has 1 aliphatic rings. The molecule has 228 valence electrons. The highest BCUT2D eigenvalue weighted by Crippen LogP contribution is 2.38. The quantitative estimate of drug-likeness (QED) is 0.0588. The molecule has 1 heterocycles. The van der Waals surface area contributed by atoms with Crippen LogP contribution in [-0.2, 0) is 23.1 Å². The normalized spacial score (nSPS) is 17.9. The van der Waals surface area contributed by atoms with E-state index in [0.717, 1.165) is 24.0 Å². The molecular formula is C30H62NO6P. The van der Waals surface area contributed by atoms with Gasteiger partial charge >= 0.3 is 0 Å². The minimum absolute atomic E-state index is 0.0810. The van der Waals surface area contributed by atoms with Gasteiger partial charge in [-0.3, -0.25) is 4.57 Å². The standard InChI is InChI=1S/C30H62NO6P/c1-4-5-6-7-8-9-10-11-12-13-14-15-16-17-18-22-26-35-28-30(34-3)29-37-38(32,33)36-27-25-31(2)23-20-19-21-24-31/h30H,4-29H2,1-3H3/t30-/m1/s1. The number of unbranched alkanes of at least 4 members (excludes halogenated alkanes) is 15. The van der Waals surface area contributed by atoms with Crippen LogP contribution in [0, 0.1) is 0 Å². The molecule has 0 saturated carbocycles. The van der Waals surface area contributed by atoms with E-state index in [1.807, 2.05) is 0 Å². The molecular weight excluding hydrogens is 501 g/mol. The molecule has 1 rings (SSSR count). The van der Waals surface area contributed by atoms with E-state index < -0.39 is 13.9 Å². The van der Waals surface area contributed by atoms with Crippen LogP contribution in [0.1, 0.15) is 129 Å². The van der Waals surface area contributed by atoms with Gasteiger partial charge in [0.25, 0.3) is 7.82 Å². The minimum atomic E-state index is -4.33. The molecule has 38 heavy (non-hydrogen) atoms. The zero-order valence-electron chi connectivity index (χ0n) is 25.3. The summed E-state index contributed by atoms with van der Waals surface area (Å²) in [5.74, 6) is 0. The van der Waals surface area contributed by atoms with Crippen molar-refractivity contribution >= 4 is 7.82 Å². The highest BCUT2D eigenvalue weighted by molar-refractivity contribution is 7.45. The van der Waals surface area contributed by atoms with Crippen molar-refractivity contribution in [2.24, 2.45) is 0 Å². The first-order valence-corrected chi connectivity index (χ1v) is 17.4. The predicted molar refractivity (Wildman–Crippen MR) is 155 cm³/mol. The highest BCUT2D eigenvalue weighted by atomic mass is 31.2. The van der Waals surface area contributed by atoms with Gasteiger partial charge in [-0.25, -0.2) is 0 Å². The maximum Gasteiger partial charge on any atom is 0.268 e. The zero-order valence-corrected chi connectivity index (χ0v) is 26.2. The van der Waals surface area contributed by atoms with E-state index in [1.165, 1.54) is 116 Å². The van der Waals surface area contributed by atoms with Gasteiger partial charge in [0.15, 0.2) is 0 Å². The summed E-state index contributed by atoms with van der Waals surface area (Å²) >= 11 is 0. The number of piperidine rings is 1. The summed E-state index contributed by atoms with van der Waals surface area (Å²) in [4.78, 5) is 12.1. The maximum atomic E-state index is 12.1. The first-order chi connectivity index (χ1) is 18.4. The fourth-order valence-electron chi connectivity index (χ4n) is 5.24. The largest absolute Gasteiger partial charge is 0.756 e. The summed E-state index contributed by atoms with van der Waals surface area (Å²) in [5, 5.41) is 0. The minimum Gasteiger partial charge on any atom is -0.756 e. The number of methoxy groups -OCH3 is 1. The van der Waals surface area contributed by atoms with E-state index in [1.54, 1.807) is 7.11 Å². The van der Waals surface area contributed by atoms with Crippen LogP contribution in [0.3, 0.4) is 0 Å². The van der Waals surface area contributed by atoms with Crippen molar-refractivity contribution in [3.05, 3.63) is 0 Å². The Morgan fingerprint density at radius 1 is 0.711 bits per heavy atom. The van der Waals surface area contributed by atoms with Crippen molar-refractivity contribution in [2.75, 3.05) is 60.2 Å². The van der Waals surface area contributed by atoms with Crippen LogP contribution >= 0.6 is 7.82 Å². The Balaban J connectivity index is 1.90. The number of hydrogen-bond donors (Lipinski definition) is 0. The number of hydrogen-bond acceptors (Lipinski definition) is 6. The van der Waals surface area contributed by atoms with E-state index in [2.05, 4.69) is 14.0 Å². The third-order valence-electron chi connectivity index (χ3n) is 7.97. The van der Waals surface area contributed by atoms with E-state index in [4.69, 9.17) is 18.5 Å². The fraction of sp³-hybridized carbons (Fsp3) is 1.00. The van der Waals surface area contributed by atoms with Crippen LogP contribution in [0.25, 0.3) is 0 Å². The molecule has 1 unspecified atom stereocenters. The molecule has 2 atom stereocenters. The topological polar surface area (TPSA) is 77.1 Å². The fourth-order valence-corrected chi connectivity index (χ4v) is 5.96. The summed E-state index contributed by atoms with van der Waals surface area (Å²) in [6, 6.07) is 0. The smallest absolute Gasteiger partial charge is 0.268 e. The van der Waals surface area contributed by atoms with Gasteiger partial charge in [-0.05, 0) is 25.7 Å². The van der Waals surface area contributed by atoms with Crippen molar-refractivity contribution in [1.29, 1.82) is 0 Å². The summed E-state index contributed by atoms with van der Waals surface area (Å²) in [6.45, 7) is 6.19. The van der Waals surface area contributed by atoms with Crippen molar-refractivity contribution in [3.63, 3.8) is 0 Å². The Hall–Kier alpha value is -0.0100. The molecule has 0 aliphatic carbocycles. The van der Waals surface area contributed by atoms with E-state index in [9.17, 15) is 9.46 Å². The van der Waals surface area contributed by atoms with Crippen LogP contribution in [-0.4, -0.2) is 70.8 Å². The summed E-state index contributed by atoms with van der Waals surface area (Å²) < 4.78 is 34.2. The number of ether oxygens (including phenoxy) is 2. The summed E-state index contributed by atoms with van der Waals surface area (Å²) in [5.41, 5.74) is 0. The molecule has 1 aliphatic heterocycles. The van der Waals surface area contributed by atoms with Crippen molar-refractivity contribution in [3.8, 4) is 0 Å². The molecule has 8 heteroatoms. The van der Waals surface area contributed by atoms with Crippen LogP contribution in [0.2, 0.25) is 0 Å².